The van der Waals surface area contributed by atoms with E-state index in [0.717, 1.165) is 19.4 Å². The minimum absolute atomic E-state index is 0.222. The first-order valence-electron chi connectivity index (χ1n) is 6.29. The molecule has 16 heavy (non-hydrogen) atoms. The lowest BCUT2D eigenvalue weighted by Gasteiger charge is -2.44. The topological polar surface area (TPSA) is 41.6 Å². The Balaban J connectivity index is 1.91. The molecule has 1 saturated heterocycles. The third-order valence-corrected chi connectivity index (χ3v) is 3.55. The minimum Gasteiger partial charge on any atom is -0.378 e. The fraction of sp³-hybridized carbons (Fsp3) is 0.917. The van der Waals surface area contributed by atoms with Crippen molar-refractivity contribution in [2.45, 2.75) is 51.9 Å². The second-order valence-electron chi connectivity index (χ2n) is 5.07. The van der Waals surface area contributed by atoms with Crippen LogP contribution in [0.3, 0.4) is 0 Å². The van der Waals surface area contributed by atoms with Gasteiger partial charge in [-0.15, -0.1) is 0 Å². The molecule has 4 heteroatoms. The molecule has 0 radical (unpaired) electrons. The molecule has 1 atom stereocenters. The van der Waals surface area contributed by atoms with Crippen LogP contribution in [0.4, 0.5) is 0 Å². The van der Waals surface area contributed by atoms with E-state index in [2.05, 4.69) is 19.2 Å². The van der Waals surface area contributed by atoms with Crippen LogP contribution in [0.2, 0.25) is 0 Å². The number of carbonyl (C=O) groups excluding carboxylic acids is 1. The van der Waals surface area contributed by atoms with E-state index in [9.17, 15) is 4.79 Å². The second-order valence-corrected chi connectivity index (χ2v) is 5.07. The Morgan fingerprint density at radius 1 is 1.50 bits per heavy atom. The number of hydrogen-bond acceptors (Lipinski definition) is 3. The van der Waals surface area contributed by atoms with Gasteiger partial charge in [-0.3, -0.25) is 10.1 Å². The molecule has 1 heterocycles. The normalized spacial score (nSPS) is 34.6. The maximum atomic E-state index is 11.8. The minimum atomic E-state index is 0.222. The van der Waals surface area contributed by atoms with Crippen LogP contribution in [0.15, 0.2) is 0 Å². The average Bonchev–Trinajstić information content (AvgIpc) is 2.53. The van der Waals surface area contributed by atoms with Gasteiger partial charge >= 0.3 is 0 Å². The van der Waals surface area contributed by atoms with Gasteiger partial charge in [0.15, 0.2) is 0 Å². The van der Waals surface area contributed by atoms with Crippen molar-refractivity contribution in [2.24, 2.45) is 5.92 Å². The first-order valence-corrected chi connectivity index (χ1v) is 6.29. The van der Waals surface area contributed by atoms with E-state index in [1.807, 2.05) is 11.8 Å². The van der Waals surface area contributed by atoms with Gasteiger partial charge in [0.1, 0.15) is 0 Å². The van der Waals surface area contributed by atoms with Crippen molar-refractivity contribution in [3.63, 3.8) is 0 Å². The maximum Gasteiger partial charge on any atom is 0.238 e. The highest BCUT2D eigenvalue weighted by atomic mass is 16.5. The standard InChI is InChI=1S/C12H22N2O2/c1-4-16-10-5-9(6-10)14-11(15)7-13-12(14)8(2)3/h8-10,12-13H,4-7H2,1-3H3. The number of carbonyl (C=O) groups is 1. The molecule has 0 bridgehead atoms. The van der Waals surface area contributed by atoms with Crippen molar-refractivity contribution >= 4 is 5.91 Å². The van der Waals surface area contributed by atoms with E-state index in [-0.39, 0.29) is 12.1 Å². The third-order valence-electron chi connectivity index (χ3n) is 3.55. The third kappa shape index (κ3) is 2.09. The Hall–Kier alpha value is -0.610. The summed E-state index contributed by atoms with van der Waals surface area (Å²) in [6, 6.07) is 0.395. The molecule has 0 spiro atoms. The summed E-state index contributed by atoms with van der Waals surface area (Å²) in [4.78, 5) is 13.9. The highest BCUT2D eigenvalue weighted by Gasteiger charge is 2.43. The summed E-state index contributed by atoms with van der Waals surface area (Å²) in [6.07, 6.45) is 2.60. The predicted molar refractivity (Wildman–Crippen MR) is 61.9 cm³/mol. The van der Waals surface area contributed by atoms with Crippen LogP contribution >= 0.6 is 0 Å². The SMILES string of the molecule is CCOC1CC(N2C(=O)CNC2C(C)C)C1. The summed E-state index contributed by atoms with van der Waals surface area (Å²) in [5.74, 6) is 0.719. The number of ether oxygens (including phenoxy) is 1. The zero-order chi connectivity index (χ0) is 11.7. The Morgan fingerprint density at radius 2 is 2.19 bits per heavy atom. The van der Waals surface area contributed by atoms with Crippen molar-refractivity contribution < 1.29 is 9.53 Å². The zero-order valence-electron chi connectivity index (χ0n) is 10.4. The number of nitrogens with zero attached hydrogens (tertiary/aromatic N) is 1. The molecule has 1 N–H and O–H groups in total. The first kappa shape index (κ1) is 11.9. The molecule has 1 aliphatic heterocycles. The molecular weight excluding hydrogens is 204 g/mol. The highest BCUT2D eigenvalue weighted by molar-refractivity contribution is 5.81. The van der Waals surface area contributed by atoms with Gasteiger partial charge in [0.25, 0.3) is 0 Å². The lowest BCUT2D eigenvalue weighted by Crippen LogP contribution is -2.54. The molecule has 2 aliphatic rings. The number of rotatable bonds is 4. The Labute approximate surface area is 97.3 Å². The van der Waals surface area contributed by atoms with Crippen LogP contribution in [0.1, 0.15) is 33.6 Å². The largest absolute Gasteiger partial charge is 0.378 e. The fourth-order valence-corrected chi connectivity index (χ4v) is 2.66. The lowest BCUT2D eigenvalue weighted by atomic mass is 9.87. The number of nitrogens with one attached hydrogen (secondary N) is 1. The maximum absolute atomic E-state index is 11.8. The molecule has 0 aromatic rings. The number of amides is 1. The molecule has 1 unspecified atom stereocenters. The second kappa shape index (κ2) is 4.72. The Kier molecular flexibility index (Phi) is 3.50. The molecule has 1 amide bonds. The summed E-state index contributed by atoms with van der Waals surface area (Å²) >= 11 is 0. The Morgan fingerprint density at radius 3 is 2.75 bits per heavy atom. The van der Waals surface area contributed by atoms with Crippen LogP contribution < -0.4 is 5.32 Å². The van der Waals surface area contributed by atoms with Gasteiger partial charge in [-0.1, -0.05) is 13.8 Å². The van der Waals surface area contributed by atoms with Crippen molar-refractivity contribution in [1.29, 1.82) is 0 Å². The molecule has 92 valence electrons. The molecule has 1 saturated carbocycles. The molecule has 2 fully saturated rings. The molecular formula is C12H22N2O2. The monoisotopic (exact) mass is 226 g/mol. The number of hydrogen-bond donors (Lipinski definition) is 1. The molecule has 1 aliphatic carbocycles. The van der Waals surface area contributed by atoms with Gasteiger partial charge in [0.05, 0.1) is 18.8 Å². The van der Waals surface area contributed by atoms with Gasteiger partial charge in [-0.05, 0) is 25.7 Å². The summed E-state index contributed by atoms with van der Waals surface area (Å²) in [5, 5.41) is 3.29. The van der Waals surface area contributed by atoms with Crippen LogP contribution in [0.25, 0.3) is 0 Å². The summed E-state index contributed by atoms with van der Waals surface area (Å²) < 4.78 is 5.54. The fourth-order valence-electron chi connectivity index (χ4n) is 2.66. The van der Waals surface area contributed by atoms with Crippen molar-refractivity contribution in [1.82, 2.24) is 10.2 Å². The predicted octanol–water partition coefficient (Wildman–Crippen LogP) is 0.968. The lowest BCUT2D eigenvalue weighted by molar-refractivity contribution is -0.137. The van der Waals surface area contributed by atoms with Crippen LogP contribution in [0.5, 0.6) is 0 Å². The van der Waals surface area contributed by atoms with Crippen LogP contribution in [-0.4, -0.2) is 42.3 Å². The van der Waals surface area contributed by atoms with Gasteiger partial charge in [-0.25, -0.2) is 0 Å². The van der Waals surface area contributed by atoms with E-state index in [1.54, 1.807) is 0 Å². The summed E-state index contributed by atoms with van der Waals surface area (Å²) in [5.41, 5.74) is 0. The quantitative estimate of drug-likeness (QED) is 0.776. The summed E-state index contributed by atoms with van der Waals surface area (Å²) in [6.45, 7) is 7.60. The van der Waals surface area contributed by atoms with Crippen molar-refractivity contribution in [3.8, 4) is 0 Å². The van der Waals surface area contributed by atoms with Crippen LogP contribution in [0, 0.1) is 5.92 Å². The molecule has 0 aromatic heterocycles. The van der Waals surface area contributed by atoms with Crippen LogP contribution in [-0.2, 0) is 9.53 Å². The van der Waals surface area contributed by atoms with Gasteiger partial charge in [0, 0.05) is 12.6 Å². The molecule has 2 rings (SSSR count). The van der Waals surface area contributed by atoms with Gasteiger partial charge < -0.3 is 9.64 Å². The first-order chi connectivity index (χ1) is 7.63. The smallest absolute Gasteiger partial charge is 0.238 e. The van der Waals surface area contributed by atoms with Gasteiger partial charge in [0.2, 0.25) is 5.91 Å². The van der Waals surface area contributed by atoms with E-state index >= 15 is 0 Å². The van der Waals surface area contributed by atoms with Crippen molar-refractivity contribution in [3.05, 3.63) is 0 Å². The average molecular weight is 226 g/mol. The molecule has 0 aromatic carbocycles. The zero-order valence-corrected chi connectivity index (χ0v) is 10.4. The van der Waals surface area contributed by atoms with E-state index in [4.69, 9.17) is 4.74 Å². The van der Waals surface area contributed by atoms with E-state index in [0.29, 0.717) is 24.6 Å². The Bertz CT molecular complexity index is 262. The highest BCUT2D eigenvalue weighted by Crippen LogP contribution is 2.32. The van der Waals surface area contributed by atoms with E-state index in [1.165, 1.54) is 0 Å². The van der Waals surface area contributed by atoms with Crippen molar-refractivity contribution in [2.75, 3.05) is 13.2 Å². The molecule has 4 nitrogen and oxygen atoms in total. The van der Waals surface area contributed by atoms with Gasteiger partial charge in [-0.2, -0.15) is 0 Å². The summed E-state index contributed by atoms with van der Waals surface area (Å²) in [7, 11) is 0. The van der Waals surface area contributed by atoms with E-state index < -0.39 is 0 Å².